The summed E-state index contributed by atoms with van der Waals surface area (Å²) in [6, 6.07) is 20.2. The highest BCUT2D eigenvalue weighted by atomic mass is 32.2. The summed E-state index contributed by atoms with van der Waals surface area (Å²) in [6.07, 6.45) is 0. The molecule has 2 heterocycles. The molecule has 4 rings (SSSR count). The Bertz CT molecular complexity index is 1340. The third-order valence-electron chi connectivity index (χ3n) is 5.03. The average molecular weight is 479 g/mol. The molecule has 0 spiro atoms. The lowest BCUT2D eigenvalue weighted by Crippen LogP contribution is -2.23. The van der Waals surface area contributed by atoms with Crippen LogP contribution in [0.25, 0.3) is 5.69 Å². The van der Waals surface area contributed by atoms with E-state index in [1.807, 2.05) is 60.0 Å². The molecule has 4 aromatic rings. The lowest BCUT2D eigenvalue weighted by Gasteiger charge is -2.07. The highest BCUT2D eigenvalue weighted by molar-refractivity contribution is 8.00. The maximum absolute atomic E-state index is 12.9. The monoisotopic (exact) mass is 478 g/mol. The number of carbonyl (C=O) groups is 2. The number of carbonyl (C=O) groups excluding carboxylic acids is 2. The van der Waals surface area contributed by atoms with Gasteiger partial charge in [0, 0.05) is 17.6 Å². The van der Waals surface area contributed by atoms with E-state index in [-0.39, 0.29) is 28.8 Å². The topological polar surface area (TPSA) is 85.1 Å². The number of nitrogens with one attached hydrogen (secondary N) is 2. The Morgan fingerprint density at radius 1 is 1.00 bits per heavy atom. The van der Waals surface area contributed by atoms with Crippen molar-refractivity contribution in [1.29, 1.82) is 0 Å². The van der Waals surface area contributed by atoms with Crippen LogP contribution in [0.5, 0.6) is 0 Å². The van der Waals surface area contributed by atoms with Crippen LogP contribution in [0.4, 0.5) is 11.4 Å². The number of nitrogens with zero attached hydrogens (tertiary/aromatic N) is 2. The lowest BCUT2D eigenvalue weighted by molar-refractivity contribution is -0.113. The van der Waals surface area contributed by atoms with Crippen molar-refractivity contribution < 1.29 is 9.59 Å². The lowest BCUT2D eigenvalue weighted by atomic mass is 10.3. The summed E-state index contributed by atoms with van der Waals surface area (Å²) in [4.78, 5) is 39.3. The molecule has 0 unspecified atom stereocenters. The molecule has 2 N–H and O–H groups in total. The molecular formula is C24H22N4O3S2. The van der Waals surface area contributed by atoms with E-state index >= 15 is 0 Å². The number of hydrogen-bond acceptors (Lipinski definition) is 5. The maximum atomic E-state index is 12.9. The molecule has 7 nitrogen and oxygen atoms in total. The van der Waals surface area contributed by atoms with E-state index in [0.717, 1.165) is 10.6 Å². The molecule has 33 heavy (non-hydrogen) atoms. The summed E-state index contributed by atoms with van der Waals surface area (Å²) < 4.78 is 3.25. The fourth-order valence-corrected chi connectivity index (χ4v) is 4.67. The minimum Gasteiger partial charge on any atom is -0.321 e. The van der Waals surface area contributed by atoms with Gasteiger partial charge in [-0.15, -0.1) is 23.1 Å². The molecular weight excluding hydrogens is 456 g/mol. The van der Waals surface area contributed by atoms with Crippen LogP contribution < -0.4 is 16.2 Å². The van der Waals surface area contributed by atoms with Gasteiger partial charge in [0.05, 0.1) is 22.0 Å². The van der Waals surface area contributed by atoms with E-state index in [4.69, 9.17) is 0 Å². The summed E-state index contributed by atoms with van der Waals surface area (Å²) in [5.41, 5.74) is 2.04. The van der Waals surface area contributed by atoms with Crippen molar-refractivity contribution in [3.63, 3.8) is 0 Å². The highest BCUT2D eigenvalue weighted by Gasteiger charge is 2.18. The SMILES string of the molecule is Cc1c(NC(=O)CSc2cccc(NC(=O)c3cccs3)c2)c(=O)n(-c2ccccc2)n1C. The van der Waals surface area contributed by atoms with Crippen molar-refractivity contribution >= 4 is 46.3 Å². The minimum absolute atomic E-state index is 0.126. The van der Waals surface area contributed by atoms with Gasteiger partial charge in [0.1, 0.15) is 5.69 Å². The van der Waals surface area contributed by atoms with Crippen molar-refractivity contribution in [2.45, 2.75) is 11.8 Å². The molecule has 0 fully saturated rings. The van der Waals surface area contributed by atoms with E-state index in [0.29, 0.717) is 16.3 Å². The quantitative estimate of drug-likeness (QED) is 0.382. The Morgan fingerprint density at radius 3 is 2.52 bits per heavy atom. The Balaban J connectivity index is 1.41. The van der Waals surface area contributed by atoms with Crippen molar-refractivity contribution in [2.24, 2.45) is 7.05 Å². The van der Waals surface area contributed by atoms with Crippen LogP contribution >= 0.6 is 23.1 Å². The van der Waals surface area contributed by atoms with E-state index in [9.17, 15) is 14.4 Å². The molecule has 0 saturated carbocycles. The van der Waals surface area contributed by atoms with Gasteiger partial charge in [-0.1, -0.05) is 30.3 Å². The first kappa shape index (κ1) is 22.6. The Kier molecular flexibility index (Phi) is 6.81. The van der Waals surface area contributed by atoms with Crippen molar-refractivity contribution in [2.75, 3.05) is 16.4 Å². The van der Waals surface area contributed by atoms with Gasteiger partial charge in [0.15, 0.2) is 0 Å². The maximum Gasteiger partial charge on any atom is 0.295 e. The van der Waals surface area contributed by atoms with Gasteiger partial charge in [0.2, 0.25) is 5.91 Å². The first-order chi connectivity index (χ1) is 15.9. The van der Waals surface area contributed by atoms with E-state index < -0.39 is 0 Å². The van der Waals surface area contributed by atoms with Crippen LogP contribution in [-0.4, -0.2) is 26.9 Å². The number of para-hydroxylation sites is 1. The Labute approximate surface area is 199 Å². The van der Waals surface area contributed by atoms with Gasteiger partial charge < -0.3 is 10.6 Å². The summed E-state index contributed by atoms with van der Waals surface area (Å²) in [7, 11) is 1.78. The van der Waals surface area contributed by atoms with Crippen molar-refractivity contribution in [1.82, 2.24) is 9.36 Å². The van der Waals surface area contributed by atoms with Gasteiger partial charge in [-0.3, -0.25) is 19.1 Å². The van der Waals surface area contributed by atoms with Crippen LogP contribution in [-0.2, 0) is 11.8 Å². The summed E-state index contributed by atoms with van der Waals surface area (Å²) >= 11 is 2.70. The fourth-order valence-electron chi connectivity index (χ4n) is 3.30. The zero-order valence-corrected chi connectivity index (χ0v) is 19.7. The number of aromatic nitrogens is 2. The predicted octanol–water partition coefficient (Wildman–Crippen LogP) is 4.53. The summed E-state index contributed by atoms with van der Waals surface area (Å²) in [5.74, 6) is -0.320. The van der Waals surface area contributed by atoms with Gasteiger partial charge >= 0.3 is 0 Å². The van der Waals surface area contributed by atoms with E-state index in [1.54, 1.807) is 30.8 Å². The molecule has 0 aliphatic rings. The van der Waals surface area contributed by atoms with Gasteiger partial charge in [-0.2, -0.15) is 0 Å². The van der Waals surface area contributed by atoms with Crippen LogP contribution in [0.15, 0.2) is 81.8 Å². The molecule has 2 aromatic heterocycles. The zero-order valence-electron chi connectivity index (χ0n) is 18.1. The number of benzene rings is 2. The number of rotatable bonds is 7. The first-order valence-electron chi connectivity index (χ1n) is 10.2. The molecule has 9 heteroatoms. The number of anilines is 2. The summed E-state index contributed by atoms with van der Waals surface area (Å²) in [6.45, 7) is 1.79. The normalized spacial score (nSPS) is 10.7. The standard InChI is InChI=1S/C24H22N4O3S2/c1-16-22(24(31)28(27(16)2)18-9-4-3-5-10-18)26-21(29)15-33-19-11-6-8-17(14-19)25-23(30)20-12-7-13-32-20/h3-14H,15H2,1-2H3,(H,25,30)(H,26,29). The second-order valence-corrected chi connectivity index (χ2v) is 9.23. The summed E-state index contributed by atoms with van der Waals surface area (Å²) in [5, 5.41) is 7.48. The molecule has 0 bridgehead atoms. The smallest absolute Gasteiger partial charge is 0.295 e. The molecule has 0 aliphatic heterocycles. The molecule has 2 aromatic carbocycles. The molecule has 2 amide bonds. The zero-order chi connectivity index (χ0) is 23.4. The predicted molar refractivity (Wildman–Crippen MR) is 134 cm³/mol. The Morgan fingerprint density at radius 2 is 1.79 bits per heavy atom. The molecule has 0 saturated heterocycles. The van der Waals surface area contributed by atoms with Crippen molar-refractivity contribution in [3.05, 3.63) is 93.0 Å². The highest BCUT2D eigenvalue weighted by Crippen LogP contribution is 2.23. The fraction of sp³-hybridized carbons (Fsp3) is 0.125. The second kappa shape index (κ2) is 9.93. The first-order valence-corrected chi connectivity index (χ1v) is 12.0. The molecule has 0 radical (unpaired) electrons. The second-order valence-electron chi connectivity index (χ2n) is 7.23. The Hall–Kier alpha value is -3.56. The molecule has 0 atom stereocenters. The molecule has 168 valence electrons. The number of amides is 2. The minimum atomic E-state index is -0.280. The third-order valence-corrected chi connectivity index (χ3v) is 6.89. The number of hydrogen-bond donors (Lipinski definition) is 2. The largest absolute Gasteiger partial charge is 0.321 e. The third kappa shape index (κ3) is 5.10. The molecule has 0 aliphatic carbocycles. The van der Waals surface area contributed by atoms with Crippen LogP contribution in [0.1, 0.15) is 15.4 Å². The number of thiophene rings is 1. The number of thioether (sulfide) groups is 1. The van der Waals surface area contributed by atoms with Crippen LogP contribution in [0.2, 0.25) is 0 Å². The van der Waals surface area contributed by atoms with Gasteiger partial charge in [-0.05, 0) is 48.7 Å². The van der Waals surface area contributed by atoms with Gasteiger partial charge in [0.25, 0.3) is 11.5 Å². The van der Waals surface area contributed by atoms with Crippen LogP contribution in [0.3, 0.4) is 0 Å². The van der Waals surface area contributed by atoms with Crippen molar-refractivity contribution in [3.8, 4) is 5.69 Å². The van der Waals surface area contributed by atoms with E-state index in [1.165, 1.54) is 27.8 Å². The average Bonchev–Trinajstić information content (AvgIpc) is 3.43. The van der Waals surface area contributed by atoms with Crippen LogP contribution in [0, 0.1) is 6.92 Å². The van der Waals surface area contributed by atoms with E-state index in [2.05, 4.69) is 10.6 Å². The van der Waals surface area contributed by atoms with Gasteiger partial charge in [-0.25, -0.2) is 4.68 Å².